The van der Waals surface area contributed by atoms with Crippen molar-refractivity contribution in [1.29, 1.82) is 0 Å². The molecule has 1 saturated heterocycles. The summed E-state index contributed by atoms with van der Waals surface area (Å²) >= 11 is 0. The number of nitrogens with one attached hydrogen (secondary N) is 1. The number of pyridine rings is 1. The van der Waals surface area contributed by atoms with Crippen molar-refractivity contribution in [3.05, 3.63) is 28.4 Å². The number of rotatable bonds is 4. The van der Waals surface area contributed by atoms with Gasteiger partial charge >= 0.3 is 0 Å². The maximum Gasteiger partial charge on any atom is 0.274 e. The topological polar surface area (TPSA) is 77.3 Å². The number of hydrogen-bond acceptors (Lipinski definition) is 5. The zero-order valence-corrected chi connectivity index (χ0v) is 9.46. The Morgan fingerprint density at radius 2 is 2.47 bits per heavy atom. The van der Waals surface area contributed by atoms with Crippen molar-refractivity contribution >= 4 is 11.5 Å². The highest BCUT2D eigenvalue weighted by Gasteiger charge is 2.14. The molecule has 2 rings (SSSR count). The minimum absolute atomic E-state index is 0.0482. The lowest BCUT2D eigenvalue weighted by Gasteiger charge is -2.22. The Balaban J connectivity index is 1.89. The number of aromatic nitrogens is 1. The summed E-state index contributed by atoms with van der Waals surface area (Å²) in [7, 11) is 0. The molecule has 0 amide bonds. The van der Waals surface area contributed by atoms with E-state index in [1.807, 2.05) is 0 Å². The summed E-state index contributed by atoms with van der Waals surface area (Å²) in [6.45, 7) is 1.45. The monoisotopic (exact) mass is 237 g/mol. The number of ether oxygens (including phenoxy) is 1. The molecule has 1 aromatic heterocycles. The van der Waals surface area contributed by atoms with Crippen LogP contribution in [0.5, 0.6) is 0 Å². The van der Waals surface area contributed by atoms with Gasteiger partial charge in [-0.25, -0.2) is 4.98 Å². The summed E-state index contributed by atoms with van der Waals surface area (Å²) in [5, 5.41) is 13.7. The molecule has 1 atom stereocenters. The van der Waals surface area contributed by atoms with Crippen LogP contribution in [-0.2, 0) is 4.74 Å². The van der Waals surface area contributed by atoms with Crippen molar-refractivity contribution < 1.29 is 9.66 Å². The minimum Gasteiger partial charge on any atom is -0.376 e. The van der Waals surface area contributed by atoms with Crippen LogP contribution < -0.4 is 5.32 Å². The quantitative estimate of drug-likeness (QED) is 0.640. The van der Waals surface area contributed by atoms with Crippen molar-refractivity contribution in [2.75, 3.05) is 18.5 Å². The van der Waals surface area contributed by atoms with Gasteiger partial charge in [0.05, 0.1) is 17.1 Å². The van der Waals surface area contributed by atoms with E-state index in [0.717, 1.165) is 19.4 Å². The van der Waals surface area contributed by atoms with Gasteiger partial charge in [0, 0.05) is 25.4 Å². The van der Waals surface area contributed by atoms with Crippen LogP contribution in [0.2, 0.25) is 0 Å². The minimum atomic E-state index is -0.427. The lowest BCUT2D eigenvalue weighted by atomic mass is 10.1. The van der Waals surface area contributed by atoms with Crippen LogP contribution in [0.4, 0.5) is 11.5 Å². The molecule has 0 radical (unpaired) electrons. The molecule has 0 spiro atoms. The molecule has 1 aromatic rings. The number of nitro groups is 1. The molecular formula is C11H15N3O3. The van der Waals surface area contributed by atoms with E-state index in [-0.39, 0.29) is 11.8 Å². The van der Waals surface area contributed by atoms with Gasteiger partial charge in [-0.05, 0) is 19.3 Å². The molecule has 6 nitrogen and oxygen atoms in total. The molecule has 6 heteroatoms. The van der Waals surface area contributed by atoms with Gasteiger partial charge in [0.1, 0.15) is 5.82 Å². The molecule has 0 aromatic carbocycles. The van der Waals surface area contributed by atoms with E-state index in [0.29, 0.717) is 12.4 Å². The van der Waals surface area contributed by atoms with Crippen LogP contribution in [0, 0.1) is 10.1 Å². The first-order chi connectivity index (χ1) is 8.25. The third-order valence-corrected chi connectivity index (χ3v) is 2.74. The molecule has 1 aliphatic heterocycles. The molecular weight excluding hydrogens is 222 g/mol. The van der Waals surface area contributed by atoms with Crippen LogP contribution >= 0.6 is 0 Å². The molecule has 0 saturated carbocycles. The Bertz CT molecular complexity index is 391. The average Bonchev–Trinajstić information content (AvgIpc) is 2.38. The van der Waals surface area contributed by atoms with E-state index < -0.39 is 4.92 Å². The lowest BCUT2D eigenvalue weighted by molar-refractivity contribution is -0.384. The first kappa shape index (κ1) is 11.8. The lowest BCUT2D eigenvalue weighted by Crippen LogP contribution is -2.27. The Kier molecular flexibility index (Phi) is 3.87. The first-order valence-corrected chi connectivity index (χ1v) is 5.71. The second-order valence-corrected chi connectivity index (χ2v) is 4.03. The predicted octanol–water partition coefficient (Wildman–Crippen LogP) is 1.97. The zero-order valence-electron chi connectivity index (χ0n) is 9.46. The fraction of sp³-hybridized carbons (Fsp3) is 0.545. The summed E-state index contributed by atoms with van der Waals surface area (Å²) in [4.78, 5) is 14.2. The summed E-state index contributed by atoms with van der Waals surface area (Å²) in [6.07, 6.45) is 4.94. The zero-order chi connectivity index (χ0) is 12.1. The molecule has 1 aliphatic rings. The second-order valence-electron chi connectivity index (χ2n) is 4.03. The van der Waals surface area contributed by atoms with Crippen molar-refractivity contribution in [2.24, 2.45) is 0 Å². The van der Waals surface area contributed by atoms with E-state index >= 15 is 0 Å². The van der Waals surface area contributed by atoms with E-state index in [4.69, 9.17) is 4.74 Å². The van der Waals surface area contributed by atoms with Gasteiger partial charge in [-0.2, -0.15) is 0 Å². The standard InChI is InChI=1S/C11H15N3O3/c15-14(16)9-4-5-12-11(7-9)13-8-10-3-1-2-6-17-10/h4-5,7,10H,1-3,6,8H2,(H,12,13). The number of hydrogen-bond donors (Lipinski definition) is 1. The molecule has 1 unspecified atom stereocenters. The largest absolute Gasteiger partial charge is 0.376 e. The maximum absolute atomic E-state index is 10.6. The van der Waals surface area contributed by atoms with Gasteiger partial charge < -0.3 is 10.1 Å². The van der Waals surface area contributed by atoms with E-state index in [1.54, 1.807) is 0 Å². The third-order valence-electron chi connectivity index (χ3n) is 2.74. The Morgan fingerprint density at radius 1 is 1.59 bits per heavy atom. The summed E-state index contributed by atoms with van der Waals surface area (Å²) in [5.41, 5.74) is 0.0482. The van der Waals surface area contributed by atoms with Gasteiger partial charge in [0.2, 0.25) is 0 Å². The Hall–Kier alpha value is -1.69. The van der Waals surface area contributed by atoms with Crippen LogP contribution in [0.25, 0.3) is 0 Å². The van der Waals surface area contributed by atoms with Crippen LogP contribution in [-0.4, -0.2) is 29.2 Å². The summed E-state index contributed by atoms with van der Waals surface area (Å²) < 4.78 is 5.55. The second kappa shape index (κ2) is 5.58. The molecule has 0 aliphatic carbocycles. The average molecular weight is 237 g/mol. The molecule has 1 fully saturated rings. The predicted molar refractivity (Wildman–Crippen MR) is 63.0 cm³/mol. The SMILES string of the molecule is O=[N+]([O-])c1ccnc(NCC2CCCCO2)c1. The summed E-state index contributed by atoms with van der Waals surface area (Å²) in [6, 6.07) is 2.81. The van der Waals surface area contributed by atoms with E-state index in [9.17, 15) is 10.1 Å². The van der Waals surface area contributed by atoms with Gasteiger partial charge in [0.25, 0.3) is 5.69 Å². The van der Waals surface area contributed by atoms with Crippen LogP contribution in [0.3, 0.4) is 0 Å². The van der Waals surface area contributed by atoms with Crippen molar-refractivity contribution in [2.45, 2.75) is 25.4 Å². The van der Waals surface area contributed by atoms with Crippen molar-refractivity contribution in [3.8, 4) is 0 Å². The fourth-order valence-corrected chi connectivity index (χ4v) is 1.82. The molecule has 17 heavy (non-hydrogen) atoms. The van der Waals surface area contributed by atoms with E-state index in [2.05, 4.69) is 10.3 Å². The molecule has 2 heterocycles. The molecule has 92 valence electrons. The Morgan fingerprint density at radius 3 is 3.18 bits per heavy atom. The molecule has 1 N–H and O–H groups in total. The highest BCUT2D eigenvalue weighted by molar-refractivity contribution is 5.44. The third kappa shape index (κ3) is 3.39. The fourth-order valence-electron chi connectivity index (χ4n) is 1.82. The highest BCUT2D eigenvalue weighted by atomic mass is 16.6. The number of nitrogens with zero attached hydrogens (tertiary/aromatic N) is 2. The van der Waals surface area contributed by atoms with Crippen molar-refractivity contribution in [3.63, 3.8) is 0 Å². The van der Waals surface area contributed by atoms with E-state index in [1.165, 1.54) is 24.8 Å². The van der Waals surface area contributed by atoms with Gasteiger partial charge in [-0.15, -0.1) is 0 Å². The number of anilines is 1. The summed E-state index contributed by atoms with van der Waals surface area (Å²) in [5.74, 6) is 0.522. The Labute approximate surface area is 99.2 Å². The van der Waals surface area contributed by atoms with Gasteiger partial charge in [0.15, 0.2) is 0 Å². The van der Waals surface area contributed by atoms with Crippen LogP contribution in [0.1, 0.15) is 19.3 Å². The maximum atomic E-state index is 10.6. The highest BCUT2D eigenvalue weighted by Crippen LogP contribution is 2.16. The van der Waals surface area contributed by atoms with Crippen LogP contribution in [0.15, 0.2) is 18.3 Å². The van der Waals surface area contributed by atoms with Gasteiger partial charge in [-0.3, -0.25) is 10.1 Å². The smallest absolute Gasteiger partial charge is 0.274 e. The first-order valence-electron chi connectivity index (χ1n) is 5.71. The van der Waals surface area contributed by atoms with Crippen molar-refractivity contribution in [1.82, 2.24) is 4.98 Å². The molecule has 0 bridgehead atoms. The normalized spacial score (nSPS) is 19.9. The van der Waals surface area contributed by atoms with Gasteiger partial charge in [-0.1, -0.05) is 0 Å².